The highest BCUT2D eigenvalue weighted by Gasteiger charge is 2.30. The van der Waals surface area contributed by atoms with Crippen LogP contribution in [0, 0.1) is 11.8 Å². The van der Waals surface area contributed by atoms with Crippen molar-refractivity contribution in [1.82, 2.24) is 5.32 Å². The van der Waals surface area contributed by atoms with Gasteiger partial charge in [-0.25, -0.2) is 0 Å². The van der Waals surface area contributed by atoms with Gasteiger partial charge in [0.15, 0.2) is 0 Å². The first-order valence-electron chi connectivity index (χ1n) is 9.94. The van der Waals surface area contributed by atoms with Crippen LogP contribution >= 0.6 is 0 Å². The normalized spacial score (nSPS) is 15.8. The standard InChI is InChI=1S/C23H27NO5/c25-21(24-15-20(23(26)27)17-11-13-28-14-12-17)16-29-22(18-7-3-1-4-8-18)19-9-5-2-6-10-19/h1-10,17,20,22H,11-16H2,(H,24,25)(H,26,27). The van der Waals surface area contributed by atoms with E-state index in [1.807, 2.05) is 60.7 Å². The van der Waals surface area contributed by atoms with E-state index in [1.54, 1.807) is 0 Å². The maximum Gasteiger partial charge on any atom is 0.308 e. The van der Waals surface area contributed by atoms with Crippen LogP contribution in [0.2, 0.25) is 0 Å². The fourth-order valence-electron chi connectivity index (χ4n) is 3.65. The zero-order chi connectivity index (χ0) is 20.5. The topological polar surface area (TPSA) is 84.9 Å². The summed E-state index contributed by atoms with van der Waals surface area (Å²) in [5, 5.41) is 12.3. The van der Waals surface area contributed by atoms with E-state index in [2.05, 4.69) is 5.32 Å². The summed E-state index contributed by atoms with van der Waals surface area (Å²) in [5.41, 5.74) is 1.91. The molecule has 1 saturated heterocycles. The molecule has 6 heteroatoms. The van der Waals surface area contributed by atoms with Gasteiger partial charge in [-0.3, -0.25) is 9.59 Å². The van der Waals surface area contributed by atoms with Gasteiger partial charge in [-0.15, -0.1) is 0 Å². The third kappa shape index (κ3) is 6.14. The Morgan fingerprint density at radius 3 is 2.07 bits per heavy atom. The molecule has 1 amide bonds. The van der Waals surface area contributed by atoms with Crippen LogP contribution in [-0.2, 0) is 19.1 Å². The maximum atomic E-state index is 12.4. The summed E-state index contributed by atoms with van der Waals surface area (Å²) < 4.78 is 11.2. The Balaban J connectivity index is 1.57. The molecule has 0 saturated carbocycles. The molecule has 0 radical (unpaired) electrons. The van der Waals surface area contributed by atoms with Gasteiger partial charge in [0.25, 0.3) is 0 Å². The lowest BCUT2D eigenvalue weighted by molar-refractivity contribution is -0.145. The minimum Gasteiger partial charge on any atom is -0.481 e. The minimum absolute atomic E-state index is 0.0175. The van der Waals surface area contributed by atoms with Gasteiger partial charge < -0.3 is 19.9 Å². The third-order valence-corrected chi connectivity index (χ3v) is 5.26. The molecule has 2 aromatic rings. The largest absolute Gasteiger partial charge is 0.481 e. The van der Waals surface area contributed by atoms with Gasteiger partial charge in [-0.05, 0) is 29.9 Å². The summed E-state index contributed by atoms with van der Waals surface area (Å²) in [6.45, 7) is 1.10. The predicted octanol–water partition coefficient (Wildman–Crippen LogP) is 3.04. The molecule has 0 bridgehead atoms. The molecule has 1 heterocycles. The highest BCUT2D eigenvalue weighted by atomic mass is 16.5. The van der Waals surface area contributed by atoms with Crippen molar-refractivity contribution in [1.29, 1.82) is 0 Å². The molecule has 2 N–H and O–H groups in total. The Hall–Kier alpha value is -2.70. The van der Waals surface area contributed by atoms with Gasteiger partial charge in [0, 0.05) is 19.8 Å². The SMILES string of the molecule is O=C(COC(c1ccccc1)c1ccccc1)NCC(C(=O)O)C1CCOCC1. The molecule has 2 aromatic carbocycles. The lowest BCUT2D eigenvalue weighted by atomic mass is 9.86. The molecule has 1 atom stereocenters. The highest BCUT2D eigenvalue weighted by molar-refractivity contribution is 5.78. The first-order chi connectivity index (χ1) is 14.1. The van der Waals surface area contributed by atoms with Crippen molar-refractivity contribution in [2.24, 2.45) is 11.8 Å². The second kappa shape index (κ2) is 10.7. The van der Waals surface area contributed by atoms with Gasteiger partial charge in [0.1, 0.15) is 12.7 Å². The monoisotopic (exact) mass is 397 g/mol. The second-order valence-electron chi connectivity index (χ2n) is 7.21. The molecular weight excluding hydrogens is 370 g/mol. The van der Waals surface area contributed by atoms with E-state index in [4.69, 9.17) is 9.47 Å². The van der Waals surface area contributed by atoms with Crippen LogP contribution in [0.3, 0.4) is 0 Å². The molecule has 0 aromatic heterocycles. The van der Waals surface area contributed by atoms with Crippen LogP contribution in [0.25, 0.3) is 0 Å². The average Bonchev–Trinajstić information content (AvgIpc) is 2.76. The zero-order valence-electron chi connectivity index (χ0n) is 16.3. The molecule has 6 nitrogen and oxygen atoms in total. The molecule has 0 spiro atoms. The molecule has 0 aliphatic carbocycles. The quantitative estimate of drug-likeness (QED) is 0.679. The molecular formula is C23H27NO5. The summed E-state index contributed by atoms with van der Waals surface area (Å²) in [4.78, 5) is 24.0. The molecule has 3 rings (SSSR count). The number of carboxylic acids is 1. The number of aliphatic carboxylic acids is 1. The lowest BCUT2D eigenvalue weighted by Crippen LogP contribution is -2.40. The van der Waals surface area contributed by atoms with Crippen molar-refractivity contribution in [2.45, 2.75) is 18.9 Å². The van der Waals surface area contributed by atoms with Gasteiger partial charge in [0.2, 0.25) is 5.91 Å². The van der Waals surface area contributed by atoms with Crippen LogP contribution < -0.4 is 5.32 Å². The van der Waals surface area contributed by atoms with Gasteiger partial charge >= 0.3 is 5.97 Å². The van der Waals surface area contributed by atoms with Crippen LogP contribution in [0.1, 0.15) is 30.1 Å². The Kier molecular flexibility index (Phi) is 7.78. The molecule has 154 valence electrons. The summed E-state index contributed by atoms with van der Waals surface area (Å²) in [5.74, 6) is -1.80. The number of carbonyl (C=O) groups excluding carboxylic acids is 1. The Morgan fingerprint density at radius 2 is 1.55 bits per heavy atom. The summed E-state index contributed by atoms with van der Waals surface area (Å²) in [6, 6.07) is 19.4. The minimum atomic E-state index is -0.885. The van der Waals surface area contributed by atoms with Crippen LogP contribution in [0.4, 0.5) is 0 Å². The number of amides is 1. The van der Waals surface area contributed by atoms with Gasteiger partial charge in [-0.1, -0.05) is 60.7 Å². The fourth-order valence-corrected chi connectivity index (χ4v) is 3.65. The van der Waals surface area contributed by atoms with E-state index in [0.717, 1.165) is 11.1 Å². The Labute approximate surface area is 170 Å². The summed E-state index contributed by atoms with van der Waals surface area (Å²) >= 11 is 0. The van der Waals surface area contributed by atoms with Crippen LogP contribution in [0.15, 0.2) is 60.7 Å². The molecule has 29 heavy (non-hydrogen) atoms. The first-order valence-corrected chi connectivity index (χ1v) is 9.94. The first kappa shape index (κ1) is 21.0. The number of hydrogen-bond acceptors (Lipinski definition) is 4. The van der Waals surface area contributed by atoms with Crippen molar-refractivity contribution in [2.75, 3.05) is 26.4 Å². The molecule has 1 unspecified atom stereocenters. The van der Waals surface area contributed by atoms with E-state index in [1.165, 1.54) is 0 Å². The second-order valence-corrected chi connectivity index (χ2v) is 7.21. The molecule has 1 aliphatic rings. The maximum absolute atomic E-state index is 12.4. The molecule has 1 fully saturated rings. The number of benzene rings is 2. The number of carbonyl (C=O) groups is 2. The highest BCUT2D eigenvalue weighted by Crippen LogP contribution is 2.26. The van der Waals surface area contributed by atoms with E-state index in [9.17, 15) is 14.7 Å². The average molecular weight is 397 g/mol. The smallest absolute Gasteiger partial charge is 0.308 e. The van der Waals surface area contributed by atoms with Crippen molar-refractivity contribution in [3.63, 3.8) is 0 Å². The lowest BCUT2D eigenvalue weighted by Gasteiger charge is -2.27. The zero-order valence-corrected chi connectivity index (χ0v) is 16.3. The Morgan fingerprint density at radius 1 is 1.00 bits per heavy atom. The fraction of sp³-hybridized carbons (Fsp3) is 0.391. The number of rotatable bonds is 9. The number of carboxylic acid groups (broad SMARTS) is 1. The summed E-state index contributed by atoms with van der Waals surface area (Å²) in [6.07, 6.45) is 1.04. The van der Waals surface area contributed by atoms with Gasteiger partial charge in [0.05, 0.1) is 5.92 Å². The van der Waals surface area contributed by atoms with Crippen molar-refractivity contribution >= 4 is 11.9 Å². The van der Waals surface area contributed by atoms with Crippen LogP contribution in [0.5, 0.6) is 0 Å². The number of ether oxygens (including phenoxy) is 2. The van der Waals surface area contributed by atoms with E-state index >= 15 is 0 Å². The van der Waals surface area contributed by atoms with E-state index < -0.39 is 11.9 Å². The molecule has 1 aliphatic heterocycles. The number of nitrogens with one attached hydrogen (secondary N) is 1. The summed E-state index contributed by atoms with van der Waals surface area (Å²) in [7, 11) is 0. The van der Waals surface area contributed by atoms with Crippen molar-refractivity contribution in [3.8, 4) is 0 Å². The van der Waals surface area contributed by atoms with Crippen LogP contribution in [-0.4, -0.2) is 43.3 Å². The van der Waals surface area contributed by atoms with Crippen molar-refractivity contribution in [3.05, 3.63) is 71.8 Å². The van der Waals surface area contributed by atoms with E-state index in [-0.39, 0.29) is 31.1 Å². The predicted molar refractivity (Wildman–Crippen MR) is 108 cm³/mol. The van der Waals surface area contributed by atoms with E-state index in [0.29, 0.717) is 26.1 Å². The van der Waals surface area contributed by atoms with Gasteiger partial charge in [-0.2, -0.15) is 0 Å². The Bertz CT molecular complexity index is 735. The van der Waals surface area contributed by atoms with Crippen molar-refractivity contribution < 1.29 is 24.2 Å². The number of hydrogen-bond donors (Lipinski definition) is 2. The third-order valence-electron chi connectivity index (χ3n) is 5.26.